The Morgan fingerprint density at radius 2 is 1.25 bits per heavy atom. The zero-order chi connectivity index (χ0) is 19.4. The van der Waals surface area contributed by atoms with Gasteiger partial charge in [0.15, 0.2) is 0 Å². The fourth-order valence-corrected chi connectivity index (χ4v) is 3.82. The first-order chi connectivity index (χ1) is 13.6. The lowest BCUT2D eigenvalue weighted by Crippen LogP contribution is -2.29. The van der Waals surface area contributed by atoms with E-state index in [1.54, 1.807) is 42.5 Å². The Balaban J connectivity index is 1.71. The molecule has 3 amide bonds. The minimum Gasteiger partial charge on any atom is -0.321 e. The SMILES string of the molecule is C=C1C(=O)Nc2cccc(-c3ccccc3N3C(=O)c4ccccc4C3=O)c21. The van der Waals surface area contributed by atoms with Crippen LogP contribution in [0.1, 0.15) is 26.3 Å². The molecule has 0 unspecified atom stereocenters. The summed E-state index contributed by atoms with van der Waals surface area (Å²) in [6.45, 7) is 3.89. The molecule has 0 aliphatic carbocycles. The maximum atomic E-state index is 13.0. The monoisotopic (exact) mass is 366 g/mol. The van der Waals surface area contributed by atoms with Crippen molar-refractivity contribution in [3.8, 4) is 11.1 Å². The minimum absolute atomic E-state index is 0.249. The predicted molar refractivity (Wildman–Crippen MR) is 107 cm³/mol. The molecular weight excluding hydrogens is 352 g/mol. The normalized spacial score (nSPS) is 14.9. The van der Waals surface area contributed by atoms with Gasteiger partial charge in [-0.05, 0) is 29.8 Å². The lowest BCUT2D eigenvalue weighted by molar-refractivity contribution is -0.110. The highest BCUT2D eigenvalue weighted by atomic mass is 16.2. The average molecular weight is 366 g/mol. The third-order valence-corrected chi connectivity index (χ3v) is 5.12. The molecule has 0 bridgehead atoms. The second kappa shape index (κ2) is 5.76. The molecule has 134 valence electrons. The molecule has 0 saturated carbocycles. The van der Waals surface area contributed by atoms with E-state index in [0.717, 1.165) is 5.56 Å². The molecule has 28 heavy (non-hydrogen) atoms. The second-order valence-corrected chi connectivity index (χ2v) is 6.67. The zero-order valence-corrected chi connectivity index (χ0v) is 14.7. The summed E-state index contributed by atoms with van der Waals surface area (Å²) in [7, 11) is 0. The van der Waals surface area contributed by atoms with Gasteiger partial charge in [0.25, 0.3) is 17.7 Å². The first kappa shape index (κ1) is 16.2. The van der Waals surface area contributed by atoms with Crippen molar-refractivity contribution < 1.29 is 14.4 Å². The van der Waals surface area contributed by atoms with E-state index in [9.17, 15) is 14.4 Å². The van der Waals surface area contributed by atoms with Crippen LogP contribution in [0.5, 0.6) is 0 Å². The number of hydrogen-bond donors (Lipinski definition) is 1. The van der Waals surface area contributed by atoms with E-state index in [0.29, 0.717) is 39.2 Å². The van der Waals surface area contributed by atoms with Gasteiger partial charge < -0.3 is 5.32 Å². The van der Waals surface area contributed by atoms with Crippen molar-refractivity contribution in [1.29, 1.82) is 0 Å². The molecule has 1 N–H and O–H groups in total. The standard InChI is InChI=1S/C23H14N2O3/c1-13-20-15(10-6-11-18(20)24-21(13)26)14-7-4-5-12-19(14)25-22(27)16-8-2-3-9-17(16)23(25)28/h2-12H,1H2,(H,24,26). The zero-order valence-electron chi connectivity index (χ0n) is 14.7. The smallest absolute Gasteiger partial charge is 0.266 e. The molecule has 5 rings (SSSR count). The Kier molecular flexibility index (Phi) is 3.33. The van der Waals surface area contributed by atoms with Gasteiger partial charge in [-0.15, -0.1) is 0 Å². The van der Waals surface area contributed by atoms with Crippen LogP contribution in [0.25, 0.3) is 16.7 Å². The van der Waals surface area contributed by atoms with Gasteiger partial charge in [-0.25, -0.2) is 4.90 Å². The van der Waals surface area contributed by atoms with Crippen molar-refractivity contribution in [2.24, 2.45) is 0 Å². The fourth-order valence-electron chi connectivity index (χ4n) is 3.82. The number of benzene rings is 3. The van der Waals surface area contributed by atoms with E-state index in [4.69, 9.17) is 0 Å². The van der Waals surface area contributed by atoms with Gasteiger partial charge in [0.1, 0.15) is 0 Å². The molecule has 0 spiro atoms. The van der Waals surface area contributed by atoms with Gasteiger partial charge >= 0.3 is 0 Å². The van der Waals surface area contributed by atoms with Crippen molar-refractivity contribution in [2.45, 2.75) is 0 Å². The molecule has 2 aliphatic heterocycles. The summed E-state index contributed by atoms with van der Waals surface area (Å²) < 4.78 is 0. The number of rotatable bonds is 2. The van der Waals surface area contributed by atoms with E-state index < -0.39 is 0 Å². The number of nitrogens with one attached hydrogen (secondary N) is 1. The summed E-state index contributed by atoms with van der Waals surface area (Å²) in [4.78, 5) is 39.2. The molecule has 0 radical (unpaired) electrons. The van der Waals surface area contributed by atoms with Crippen LogP contribution in [0.4, 0.5) is 11.4 Å². The van der Waals surface area contributed by atoms with Gasteiger partial charge in [0, 0.05) is 22.4 Å². The highest BCUT2D eigenvalue weighted by Crippen LogP contribution is 2.43. The summed E-state index contributed by atoms with van der Waals surface area (Å²) in [6.07, 6.45) is 0. The first-order valence-corrected chi connectivity index (χ1v) is 8.79. The third kappa shape index (κ3) is 2.10. The molecule has 0 atom stereocenters. The Hall–Kier alpha value is -3.99. The molecule has 3 aromatic carbocycles. The van der Waals surface area contributed by atoms with Gasteiger partial charge in [-0.1, -0.05) is 49.0 Å². The number of nitrogens with zero attached hydrogens (tertiary/aromatic N) is 1. The number of carbonyl (C=O) groups excluding carboxylic acids is 3. The molecule has 5 nitrogen and oxygen atoms in total. The van der Waals surface area contributed by atoms with Crippen LogP contribution in [0.15, 0.2) is 73.3 Å². The summed E-state index contributed by atoms with van der Waals surface area (Å²) >= 11 is 0. The van der Waals surface area contributed by atoms with E-state index in [2.05, 4.69) is 11.9 Å². The van der Waals surface area contributed by atoms with Crippen LogP contribution in [-0.2, 0) is 4.79 Å². The number of imide groups is 1. The number of anilines is 2. The molecule has 2 aliphatic rings. The van der Waals surface area contributed by atoms with Crippen molar-refractivity contribution >= 4 is 34.7 Å². The van der Waals surface area contributed by atoms with Gasteiger partial charge in [-0.3, -0.25) is 14.4 Å². The third-order valence-electron chi connectivity index (χ3n) is 5.12. The number of para-hydroxylation sites is 1. The van der Waals surface area contributed by atoms with E-state index in [1.165, 1.54) is 4.90 Å². The van der Waals surface area contributed by atoms with Crippen LogP contribution in [0.3, 0.4) is 0 Å². The van der Waals surface area contributed by atoms with E-state index in [-0.39, 0.29) is 17.7 Å². The number of hydrogen-bond acceptors (Lipinski definition) is 3. The van der Waals surface area contributed by atoms with Crippen LogP contribution in [-0.4, -0.2) is 17.7 Å². The number of carbonyl (C=O) groups is 3. The number of amides is 3. The Morgan fingerprint density at radius 3 is 1.93 bits per heavy atom. The summed E-state index contributed by atoms with van der Waals surface area (Å²) in [6, 6.07) is 19.5. The lowest BCUT2D eigenvalue weighted by atomic mass is 9.94. The predicted octanol–water partition coefficient (Wildman–Crippen LogP) is 4.12. The highest BCUT2D eigenvalue weighted by molar-refractivity contribution is 6.36. The molecule has 5 heteroatoms. The van der Waals surface area contributed by atoms with Gasteiger partial charge in [-0.2, -0.15) is 0 Å². The molecule has 3 aromatic rings. The van der Waals surface area contributed by atoms with E-state index in [1.807, 2.05) is 24.3 Å². The van der Waals surface area contributed by atoms with Crippen molar-refractivity contribution in [2.75, 3.05) is 10.2 Å². The molecule has 0 saturated heterocycles. The highest BCUT2D eigenvalue weighted by Gasteiger charge is 2.38. The first-order valence-electron chi connectivity index (χ1n) is 8.79. The molecule has 0 aromatic heterocycles. The van der Waals surface area contributed by atoms with Crippen molar-refractivity contribution in [1.82, 2.24) is 0 Å². The summed E-state index contributed by atoms with van der Waals surface area (Å²) in [5.41, 5.74) is 4.42. The fraction of sp³-hybridized carbons (Fsp3) is 0. The van der Waals surface area contributed by atoms with Crippen LogP contribution < -0.4 is 10.2 Å². The van der Waals surface area contributed by atoms with Gasteiger partial charge in [0.05, 0.1) is 16.8 Å². The Labute approximate surface area is 160 Å². The second-order valence-electron chi connectivity index (χ2n) is 6.67. The molecular formula is C23H14N2O3. The number of fused-ring (bicyclic) bond motifs is 2. The Morgan fingerprint density at radius 1 is 0.679 bits per heavy atom. The quantitative estimate of drug-likeness (QED) is 0.548. The van der Waals surface area contributed by atoms with E-state index >= 15 is 0 Å². The topological polar surface area (TPSA) is 66.5 Å². The van der Waals surface area contributed by atoms with Gasteiger partial charge in [0.2, 0.25) is 0 Å². The lowest BCUT2D eigenvalue weighted by Gasteiger charge is -2.19. The average Bonchev–Trinajstić information content (AvgIpc) is 3.15. The maximum absolute atomic E-state index is 13.0. The van der Waals surface area contributed by atoms with Crippen molar-refractivity contribution in [3.63, 3.8) is 0 Å². The minimum atomic E-state index is -0.353. The Bertz CT molecular complexity index is 1190. The summed E-state index contributed by atoms with van der Waals surface area (Å²) in [5.74, 6) is -0.956. The largest absolute Gasteiger partial charge is 0.321 e. The van der Waals surface area contributed by atoms with Crippen LogP contribution >= 0.6 is 0 Å². The van der Waals surface area contributed by atoms with Crippen LogP contribution in [0, 0.1) is 0 Å². The summed E-state index contributed by atoms with van der Waals surface area (Å²) in [5, 5.41) is 2.79. The molecule has 0 fully saturated rings. The van der Waals surface area contributed by atoms with Crippen molar-refractivity contribution in [3.05, 3.63) is 90.0 Å². The van der Waals surface area contributed by atoms with Crippen LogP contribution in [0.2, 0.25) is 0 Å². The molecule has 2 heterocycles. The maximum Gasteiger partial charge on any atom is 0.266 e.